The molecule has 0 radical (unpaired) electrons. The van der Waals surface area contributed by atoms with E-state index in [9.17, 15) is 0 Å². The number of hydrogen-bond donors (Lipinski definition) is 0. The highest BCUT2D eigenvalue weighted by Crippen LogP contribution is 1.86. The Morgan fingerprint density at radius 2 is 1.02 bits per heavy atom. The van der Waals surface area contributed by atoms with Crippen molar-refractivity contribution >= 4 is 45.7 Å². The Hall–Kier alpha value is -4.99. The summed E-state index contributed by atoms with van der Waals surface area (Å²) in [6.45, 7) is 24.0. The molecule has 0 saturated carbocycles. The van der Waals surface area contributed by atoms with E-state index in [-0.39, 0.29) is 7.43 Å². The highest BCUT2D eigenvalue weighted by Gasteiger charge is 1.64. The number of nitrogens with zero attached hydrogens (tertiary/aromatic N) is 13. The molecule has 0 atom stereocenters. The molecule has 0 spiro atoms. The third kappa shape index (κ3) is 77.7. The summed E-state index contributed by atoms with van der Waals surface area (Å²) < 4.78 is 24.3. The minimum absolute atomic E-state index is 0. The van der Waals surface area contributed by atoms with Crippen molar-refractivity contribution in [1.29, 1.82) is 0 Å². The van der Waals surface area contributed by atoms with Crippen LogP contribution in [0.1, 0.15) is 90.5 Å². The number of aromatic nitrogens is 13. The summed E-state index contributed by atoms with van der Waals surface area (Å²) in [5.74, 6) is 0. The number of thiazole rings is 2. The van der Waals surface area contributed by atoms with Crippen LogP contribution in [0.3, 0.4) is 0 Å². The number of rotatable bonds is 0. The molecule has 0 fully saturated rings. The topological polar surface area (TPSA) is 220 Å². The summed E-state index contributed by atoms with van der Waals surface area (Å²) in [5, 5.41) is 21.7. The molecule has 21 heteroatoms. The van der Waals surface area contributed by atoms with E-state index in [0.29, 0.717) is 0 Å². The van der Waals surface area contributed by atoms with E-state index in [1.807, 2.05) is 99.2 Å². The highest BCUT2D eigenvalue weighted by atomic mass is 32.1. The van der Waals surface area contributed by atoms with E-state index in [1.165, 1.54) is 73.8 Å². The molecule has 0 aromatic carbocycles. The van der Waals surface area contributed by atoms with Crippen LogP contribution in [0.4, 0.5) is 0 Å². The highest BCUT2D eigenvalue weighted by molar-refractivity contribution is 7.07. The standard InChI is InChI=1S/2C3H3NO.2C3H3NS.C2H2N2O.2C2H2N2S.6C2H6.CHN3O.CH4/c4*1-2-5-3-4-1;2*1-3-2-5-4-1;1-2-5-4-3-1;6*1-2;1-2-4-5-3-1;/h4*1-3H;3*1-2H;6*1-2H3;1H;1H4. The van der Waals surface area contributed by atoms with E-state index < -0.39 is 0 Å². The molecule has 0 aliphatic rings. The van der Waals surface area contributed by atoms with E-state index in [4.69, 9.17) is 0 Å². The lowest BCUT2D eigenvalue weighted by atomic mass is 11.0. The summed E-state index contributed by atoms with van der Waals surface area (Å²) in [7, 11) is 0. The molecule has 8 rings (SSSR count). The quantitative estimate of drug-likeness (QED) is 0.139. The summed E-state index contributed by atoms with van der Waals surface area (Å²) in [6, 6.07) is 0. The zero-order chi connectivity index (χ0) is 40.3. The molecular weight excluding hydrogens is 759 g/mol. The van der Waals surface area contributed by atoms with Gasteiger partial charge in [-0.1, -0.05) is 105 Å². The molecular formula is C32H59N13O4S4. The molecule has 17 nitrogen and oxygen atoms in total. The maximum absolute atomic E-state index is 4.47. The van der Waals surface area contributed by atoms with Gasteiger partial charge in [-0.25, -0.2) is 24.6 Å². The fourth-order valence-corrected chi connectivity index (χ4v) is 2.46. The van der Waals surface area contributed by atoms with E-state index in [0.717, 1.165) is 0 Å². The second-order valence-corrected chi connectivity index (χ2v) is 7.74. The third-order valence-electron chi connectivity index (χ3n) is 2.47. The molecule has 0 aliphatic heterocycles. The molecule has 0 amide bonds. The van der Waals surface area contributed by atoms with Gasteiger partial charge in [0, 0.05) is 28.5 Å². The van der Waals surface area contributed by atoms with Crippen LogP contribution in [0.15, 0.2) is 132 Å². The van der Waals surface area contributed by atoms with Crippen molar-refractivity contribution in [2.75, 3.05) is 0 Å². The van der Waals surface area contributed by atoms with E-state index in [2.05, 4.69) is 82.5 Å². The van der Waals surface area contributed by atoms with Gasteiger partial charge in [0.05, 0.1) is 34.9 Å². The Kier molecular flexibility index (Phi) is 96.6. The van der Waals surface area contributed by atoms with Gasteiger partial charge < -0.3 is 13.4 Å². The SMILES string of the molecule is C.CC.CC.CC.CC.CC.CC.c1cocn1.c1cocn1.c1cscn1.c1cscn1.c1csnn1.c1ncon1.c1ncsn1.c1nnon1. The Morgan fingerprint density at radius 1 is 0.453 bits per heavy atom. The number of oxazole rings is 2. The van der Waals surface area contributed by atoms with Gasteiger partial charge in [0.25, 0.3) is 0 Å². The largest absolute Gasteiger partial charge is 0.452 e. The molecule has 0 N–H and O–H groups in total. The van der Waals surface area contributed by atoms with Crippen molar-refractivity contribution in [3.63, 3.8) is 0 Å². The van der Waals surface area contributed by atoms with Crippen molar-refractivity contribution in [2.24, 2.45) is 0 Å². The third-order valence-corrected chi connectivity index (χ3v) is 4.37. The van der Waals surface area contributed by atoms with Crippen LogP contribution in [0.25, 0.3) is 0 Å². The zero-order valence-corrected chi connectivity index (χ0v) is 35.3. The van der Waals surface area contributed by atoms with Crippen LogP contribution in [0.2, 0.25) is 0 Å². The van der Waals surface area contributed by atoms with Crippen LogP contribution in [-0.2, 0) is 0 Å². The second kappa shape index (κ2) is 81.2. The summed E-state index contributed by atoms with van der Waals surface area (Å²) in [5.41, 5.74) is 5.26. The summed E-state index contributed by atoms with van der Waals surface area (Å²) >= 11 is 5.91. The van der Waals surface area contributed by atoms with Gasteiger partial charge in [-0.3, -0.25) is 9.97 Å². The molecule has 8 aromatic heterocycles. The van der Waals surface area contributed by atoms with Crippen molar-refractivity contribution in [3.05, 3.63) is 114 Å². The van der Waals surface area contributed by atoms with Gasteiger partial charge in [-0.05, 0) is 28.2 Å². The first-order valence-corrected chi connectivity index (χ1v) is 19.5. The second-order valence-electron chi connectivity index (χ2n) is 4.95. The van der Waals surface area contributed by atoms with Crippen LogP contribution < -0.4 is 0 Å². The predicted molar refractivity (Wildman–Crippen MR) is 218 cm³/mol. The first-order chi connectivity index (χ1) is 26.0. The molecule has 0 aliphatic carbocycles. The molecule has 8 heterocycles. The van der Waals surface area contributed by atoms with Gasteiger partial charge in [0.2, 0.25) is 6.39 Å². The van der Waals surface area contributed by atoms with Crippen LogP contribution in [0.5, 0.6) is 0 Å². The smallest absolute Gasteiger partial charge is 0.213 e. The fourth-order valence-electron chi connectivity index (χ4n) is 1.22. The summed E-state index contributed by atoms with van der Waals surface area (Å²) in [4.78, 5) is 21.7. The average Bonchev–Trinajstić information content (AvgIpc) is 4.13. The average molecular weight is 818 g/mol. The molecule has 53 heavy (non-hydrogen) atoms. The van der Waals surface area contributed by atoms with Crippen molar-refractivity contribution < 1.29 is 18.0 Å². The predicted octanol–water partition coefficient (Wildman–Crippen LogP) is 11.0. The molecule has 0 bridgehead atoms. The van der Waals surface area contributed by atoms with Crippen molar-refractivity contribution in [2.45, 2.75) is 90.5 Å². The van der Waals surface area contributed by atoms with Gasteiger partial charge in [0.1, 0.15) is 24.4 Å². The lowest BCUT2D eigenvalue weighted by Crippen LogP contribution is -1.53. The maximum Gasteiger partial charge on any atom is 0.213 e. The van der Waals surface area contributed by atoms with Gasteiger partial charge in [-0.15, -0.1) is 27.8 Å². The monoisotopic (exact) mass is 817 g/mol. The van der Waals surface area contributed by atoms with E-state index in [1.54, 1.807) is 70.2 Å². The number of hydrogen-bond acceptors (Lipinski definition) is 21. The lowest BCUT2D eigenvalue weighted by molar-refractivity contribution is 0.292. The minimum Gasteiger partial charge on any atom is -0.452 e. The van der Waals surface area contributed by atoms with E-state index >= 15 is 0 Å². The van der Waals surface area contributed by atoms with Gasteiger partial charge in [-0.2, -0.15) is 4.37 Å². The maximum atomic E-state index is 4.47. The Bertz CT molecular complexity index is 847. The van der Waals surface area contributed by atoms with Gasteiger partial charge in [0.15, 0.2) is 25.4 Å². The first-order valence-electron chi connectivity index (χ1n) is 16.0. The molecule has 8 aromatic rings. The van der Waals surface area contributed by atoms with Crippen LogP contribution in [0, 0.1) is 0 Å². The molecule has 0 saturated heterocycles. The lowest BCUT2D eigenvalue weighted by Gasteiger charge is -1.47. The fraction of sp³-hybridized carbons (Fsp3) is 0.406. The summed E-state index contributed by atoms with van der Waals surface area (Å²) in [6.07, 6.45) is 19.5. The molecule has 300 valence electrons. The van der Waals surface area contributed by atoms with Crippen LogP contribution >= 0.6 is 45.7 Å². The van der Waals surface area contributed by atoms with Gasteiger partial charge >= 0.3 is 0 Å². The minimum atomic E-state index is 0. The Balaban J connectivity index is -0.0000000875. The van der Waals surface area contributed by atoms with Crippen molar-refractivity contribution in [1.82, 2.24) is 64.5 Å². The Labute approximate surface area is 331 Å². The zero-order valence-electron chi connectivity index (χ0n) is 32.0. The molecule has 0 unspecified atom stereocenters. The normalized spacial score (nSPS) is 6.72. The van der Waals surface area contributed by atoms with Crippen molar-refractivity contribution in [3.8, 4) is 0 Å². The Morgan fingerprint density at radius 3 is 1.13 bits per heavy atom. The van der Waals surface area contributed by atoms with Crippen LogP contribution in [-0.4, -0.2) is 64.5 Å². The first kappa shape index (κ1) is 63.1.